The van der Waals surface area contributed by atoms with Gasteiger partial charge in [-0.05, 0) is 12.1 Å². The van der Waals surface area contributed by atoms with Crippen LogP contribution >= 0.6 is 11.6 Å². The highest BCUT2D eigenvalue weighted by Gasteiger charge is 2.36. The van der Waals surface area contributed by atoms with Crippen molar-refractivity contribution in [3.8, 4) is 0 Å². The van der Waals surface area contributed by atoms with Gasteiger partial charge >= 0.3 is 0 Å². The summed E-state index contributed by atoms with van der Waals surface area (Å²) in [4.78, 5) is 17.1. The van der Waals surface area contributed by atoms with Gasteiger partial charge in [0.25, 0.3) is 0 Å². The van der Waals surface area contributed by atoms with Gasteiger partial charge in [0.15, 0.2) is 0 Å². The molecule has 1 atom stereocenters. The van der Waals surface area contributed by atoms with Crippen molar-refractivity contribution in [1.29, 1.82) is 0 Å². The van der Waals surface area contributed by atoms with Gasteiger partial charge in [0, 0.05) is 13.0 Å². The second-order valence-corrected chi connectivity index (χ2v) is 6.37. The smallest absolute Gasteiger partial charge is 0.224 e. The molecular formula is C10H12ClN3O3S. The zero-order valence-electron chi connectivity index (χ0n) is 9.41. The number of primary sulfonamides is 1. The molecule has 2 heterocycles. The van der Waals surface area contributed by atoms with Gasteiger partial charge < -0.3 is 4.90 Å². The molecule has 0 radical (unpaired) electrons. The fraction of sp³-hybridized carbons (Fsp3) is 0.400. The first-order valence-corrected chi connectivity index (χ1v) is 7.26. The third kappa shape index (κ3) is 2.98. The predicted molar refractivity (Wildman–Crippen MR) is 66.2 cm³/mol. The minimum absolute atomic E-state index is 0.0700. The summed E-state index contributed by atoms with van der Waals surface area (Å²) in [6, 6.07) is 5.08. The first-order valence-electron chi connectivity index (χ1n) is 5.27. The number of pyridine rings is 1. The topological polar surface area (TPSA) is 93.4 Å². The summed E-state index contributed by atoms with van der Waals surface area (Å²) in [7, 11) is -3.68. The zero-order valence-corrected chi connectivity index (χ0v) is 11.0. The normalized spacial score (nSPS) is 20.4. The van der Waals surface area contributed by atoms with Gasteiger partial charge in [0.2, 0.25) is 15.9 Å². The summed E-state index contributed by atoms with van der Waals surface area (Å²) in [5.74, 6) is -0.240. The Kier molecular flexibility index (Phi) is 3.56. The Morgan fingerprint density at radius 1 is 1.50 bits per heavy atom. The van der Waals surface area contributed by atoms with Crippen LogP contribution in [-0.4, -0.2) is 36.0 Å². The molecular weight excluding hydrogens is 278 g/mol. The monoisotopic (exact) mass is 289 g/mol. The molecule has 1 unspecified atom stereocenters. The van der Waals surface area contributed by atoms with Gasteiger partial charge in [-0.15, -0.1) is 0 Å². The van der Waals surface area contributed by atoms with E-state index in [1.165, 1.54) is 4.90 Å². The van der Waals surface area contributed by atoms with Gasteiger partial charge in [-0.1, -0.05) is 17.7 Å². The average Bonchev–Trinajstić information content (AvgIpc) is 2.60. The van der Waals surface area contributed by atoms with E-state index in [0.29, 0.717) is 10.8 Å². The molecule has 0 spiro atoms. The molecule has 1 amide bonds. The van der Waals surface area contributed by atoms with E-state index in [0.717, 1.165) is 0 Å². The van der Waals surface area contributed by atoms with Gasteiger partial charge in [0.05, 0.1) is 12.2 Å². The summed E-state index contributed by atoms with van der Waals surface area (Å²) in [5.41, 5.74) is 0.617. The summed E-state index contributed by atoms with van der Waals surface area (Å²) in [6.07, 6.45) is -0.0700. The number of amides is 1. The van der Waals surface area contributed by atoms with Crippen LogP contribution in [0.1, 0.15) is 12.1 Å². The number of hydrogen-bond acceptors (Lipinski definition) is 4. The average molecular weight is 290 g/mol. The Labute approximate surface area is 110 Å². The number of aromatic nitrogens is 1. The van der Waals surface area contributed by atoms with Crippen LogP contribution < -0.4 is 5.14 Å². The summed E-state index contributed by atoms with van der Waals surface area (Å²) >= 11 is 5.74. The Balaban J connectivity index is 2.10. The van der Waals surface area contributed by atoms with Crippen LogP contribution in [-0.2, 0) is 21.4 Å². The SMILES string of the molecule is NS(=O)(=O)C1CC(=O)N(Cc2cccc(Cl)n2)C1. The van der Waals surface area contributed by atoms with Crippen LogP contribution in [0.25, 0.3) is 0 Å². The third-order valence-electron chi connectivity index (χ3n) is 2.77. The van der Waals surface area contributed by atoms with Crippen molar-refractivity contribution in [2.24, 2.45) is 5.14 Å². The van der Waals surface area contributed by atoms with Crippen LogP contribution in [0.2, 0.25) is 5.15 Å². The lowest BCUT2D eigenvalue weighted by atomic mass is 10.3. The maximum absolute atomic E-state index is 11.7. The van der Waals surface area contributed by atoms with Crippen LogP contribution in [0.5, 0.6) is 0 Å². The maximum Gasteiger partial charge on any atom is 0.224 e. The zero-order chi connectivity index (χ0) is 13.3. The minimum atomic E-state index is -3.68. The molecule has 1 aliphatic heterocycles. The summed E-state index contributed by atoms with van der Waals surface area (Å²) < 4.78 is 22.4. The quantitative estimate of drug-likeness (QED) is 0.800. The number of rotatable bonds is 3. The standard InChI is InChI=1S/C10H12ClN3O3S/c11-9-3-1-2-7(13-9)5-14-6-8(4-10(14)15)18(12,16)17/h1-3,8H,4-6H2,(H2,12,16,17). The molecule has 0 aliphatic carbocycles. The van der Waals surface area contributed by atoms with Crippen molar-refractivity contribution < 1.29 is 13.2 Å². The van der Waals surface area contributed by atoms with Gasteiger partial charge in [0.1, 0.15) is 10.4 Å². The second kappa shape index (κ2) is 4.83. The van der Waals surface area contributed by atoms with Crippen molar-refractivity contribution in [3.63, 3.8) is 0 Å². The molecule has 1 aliphatic rings. The lowest BCUT2D eigenvalue weighted by Gasteiger charge is -2.15. The van der Waals surface area contributed by atoms with E-state index in [1.807, 2.05) is 0 Å². The molecule has 18 heavy (non-hydrogen) atoms. The first-order chi connectivity index (χ1) is 8.36. The van der Waals surface area contributed by atoms with Gasteiger partial charge in [-0.2, -0.15) is 0 Å². The number of sulfonamides is 1. The van der Waals surface area contributed by atoms with E-state index >= 15 is 0 Å². The second-order valence-electron chi connectivity index (χ2n) is 4.14. The number of hydrogen-bond donors (Lipinski definition) is 1. The van der Waals surface area contributed by atoms with Gasteiger partial charge in [-0.3, -0.25) is 4.79 Å². The van der Waals surface area contributed by atoms with Crippen LogP contribution in [0.3, 0.4) is 0 Å². The molecule has 1 saturated heterocycles. The van der Waals surface area contributed by atoms with Crippen LogP contribution in [0.4, 0.5) is 0 Å². The number of carbonyl (C=O) groups is 1. The lowest BCUT2D eigenvalue weighted by Crippen LogP contribution is -2.32. The van der Waals surface area contributed by atoms with E-state index in [1.54, 1.807) is 18.2 Å². The van der Waals surface area contributed by atoms with Crippen molar-refractivity contribution in [2.45, 2.75) is 18.2 Å². The molecule has 0 saturated carbocycles. The third-order valence-corrected chi connectivity index (χ3v) is 4.22. The van der Waals surface area contributed by atoms with Gasteiger partial charge in [-0.25, -0.2) is 18.5 Å². The number of likely N-dealkylation sites (tertiary alicyclic amines) is 1. The molecule has 98 valence electrons. The molecule has 0 bridgehead atoms. The van der Waals surface area contributed by atoms with E-state index in [-0.39, 0.29) is 25.4 Å². The van der Waals surface area contributed by atoms with Crippen molar-refractivity contribution in [1.82, 2.24) is 9.88 Å². The fourth-order valence-corrected chi connectivity index (χ4v) is 2.79. The Morgan fingerprint density at radius 2 is 2.22 bits per heavy atom. The highest BCUT2D eigenvalue weighted by atomic mass is 35.5. The van der Waals surface area contributed by atoms with E-state index < -0.39 is 15.3 Å². The Hall–Kier alpha value is -1.18. The summed E-state index contributed by atoms with van der Waals surface area (Å²) in [6.45, 7) is 0.345. The lowest BCUT2D eigenvalue weighted by molar-refractivity contribution is -0.128. The molecule has 2 N–H and O–H groups in total. The van der Waals surface area contributed by atoms with Crippen LogP contribution in [0, 0.1) is 0 Å². The van der Waals surface area contributed by atoms with E-state index in [2.05, 4.69) is 4.98 Å². The predicted octanol–water partition coefficient (Wildman–Crippen LogP) is 0.124. The number of halogens is 1. The number of nitrogens with two attached hydrogens (primary N) is 1. The Morgan fingerprint density at radius 3 is 2.78 bits per heavy atom. The number of nitrogens with zero attached hydrogens (tertiary/aromatic N) is 2. The highest BCUT2D eigenvalue weighted by Crippen LogP contribution is 2.19. The molecule has 6 nitrogen and oxygen atoms in total. The molecule has 1 aromatic heterocycles. The van der Waals surface area contributed by atoms with Crippen molar-refractivity contribution >= 4 is 27.5 Å². The highest BCUT2D eigenvalue weighted by molar-refractivity contribution is 7.89. The van der Waals surface area contributed by atoms with Crippen molar-refractivity contribution in [3.05, 3.63) is 29.0 Å². The summed E-state index contributed by atoms with van der Waals surface area (Å²) in [5, 5.41) is 4.55. The largest absolute Gasteiger partial charge is 0.335 e. The maximum atomic E-state index is 11.7. The van der Waals surface area contributed by atoms with E-state index in [4.69, 9.17) is 16.7 Å². The molecule has 1 aromatic rings. The van der Waals surface area contributed by atoms with E-state index in [9.17, 15) is 13.2 Å². The first kappa shape index (κ1) is 13.3. The molecule has 8 heteroatoms. The van der Waals surface area contributed by atoms with Crippen LogP contribution in [0.15, 0.2) is 18.2 Å². The van der Waals surface area contributed by atoms with Crippen molar-refractivity contribution in [2.75, 3.05) is 6.54 Å². The number of carbonyl (C=O) groups excluding carboxylic acids is 1. The minimum Gasteiger partial charge on any atom is -0.335 e. The molecule has 0 aromatic carbocycles. The fourth-order valence-electron chi connectivity index (χ4n) is 1.84. The molecule has 1 fully saturated rings. The Bertz CT molecular complexity index is 575. The molecule has 2 rings (SSSR count).